The Bertz CT molecular complexity index is 171. The van der Waals surface area contributed by atoms with Crippen LogP contribution in [0.2, 0.25) is 0 Å². The van der Waals surface area contributed by atoms with E-state index in [0.717, 1.165) is 25.3 Å². The van der Waals surface area contributed by atoms with Crippen LogP contribution in [-0.4, -0.2) is 31.2 Å². The Morgan fingerprint density at radius 2 is 2.67 bits per heavy atom. The Kier molecular flexibility index (Phi) is 1.09. The van der Waals surface area contributed by atoms with Gasteiger partial charge in [-0.3, -0.25) is 15.3 Å². The Hall–Kier alpha value is -0.700. The smallest absolute Gasteiger partial charge is 0.0894 e. The topological polar surface area (TPSA) is 36.8 Å². The van der Waals surface area contributed by atoms with Crippen LogP contribution in [0.3, 0.4) is 0 Å². The summed E-state index contributed by atoms with van der Waals surface area (Å²) < 4.78 is 0. The highest BCUT2D eigenvalue weighted by atomic mass is 15.1. The predicted molar refractivity (Wildman–Crippen MR) is 37.2 cm³/mol. The normalized spacial score (nSPS) is 32.0. The average molecular weight is 123 g/mol. The molecule has 0 aromatic rings. The summed E-state index contributed by atoms with van der Waals surface area (Å²) in [7, 11) is 0. The molecule has 0 radical (unpaired) electrons. The monoisotopic (exact) mass is 123 g/mol. The van der Waals surface area contributed by atoms with Crippen molar-refractivity contribution in [2.24, 2.45) is 9.98 Å². The second kappa shape index (κ2) is 1.92. The molecular formula is C6H9N3. The molecule has 0 spiro atoms. The van der Waals surface area contributed by atoms with E-state index in [1.54, 1.807) is 0 Å². The average Bonchev–Trinajstić information content (AvgIpc) is 2.33. The maximum absolute atomic E-state index is 4.21. The standard InChI is InChI=1S/C6H9N3/c1-2-7-3-6-5(1)8-4-9-6/h3,5,8H,1-2,4H2. The number of fused-ring (bicyclic) bond motifs is 1. The molecule has 0 saturated heterocycles. The van der Waals surface area contributed by atoms with Gasteiger partial charge < -0.3 is 0 Å². The Morgan fingerprint density at radius 1 is 1.67 bits per heavy atom. The molecular weight excluding hydrogens is 114 g/mol. The van der Waals surface area contributed by atoms with E-state index in [4.69, 9.17) is 0 Å². The van der Waals surface area contributed by atoms with Gasteiger partial charge in [0.2, 0.25) is 0 Å². The first-order chi connectivity index (χ1) is 4.47. The molecule has 2 heterocycles. The van der Waals surface area contributed by atoms with Crippen LogP contribution in [-0.2, 0) is 0 Å². The number of nitrogens with zero attached hydrogens (tertiary/aromatic N) is 2. The molecule has 0 fully saturated rings. The summed E-state index contributed by atoms with van der Waals surface area (Å²) in [5.74, 6) is 0. The van der Waals surface area contributed by atoms with Gasteiger partial charge in [0.25, 0.3) is 0 Å². The van der Waals surface area contributed by atoms with Crippen molar-refractivity contribution in [3.8, 4) is 0 Å². The molecule has 48 valence electrons. The molecule has 9 heavy (non-hydrogen) atoms. The third kappa shape index (κ3) is 0.772. The molecule has 3 heteroatoms. The summed E-state index contributed by atoms with van der Waals surface area (Å²) in [6, 6.07) is 0.516. The van der Waals surface area contributed by atoms with Crippen LogP contribution in [0.4, 0.5) is 0 Å². The van der Waals surface area contributed by atoms with Gasteiger partial charge in [0.1, 0.15) is 0 Å². The molecule has 1 atom stereocenters. The zero-order chi connectivity index (χ0) is 6.10. The lowest BCUT2D eigenvalue weighted by atomic mass is 10.1. The molecule has 1 N–H and O–H groups in total. The molecule has 0 amide bonds. The van der Waals surface area contributed by atoms with E-state index in [0.29, 0.717) is 6.04 Å². The highest BCUT2D eigenvalue weighted by molar-refractivity contribution is 6.33. The fourth-order valence-corrected chi connectivity index (χ4v) is 1.20. The minimum Gasteiger partial charge on any atom is -0.291 e. The maximum Gasteiger partial charge on any atom is 0.0894 e. The molecule has 0 bridgehead atoms. The van der Waals surface area contributed by atoms with Crippen LogP contribution < -0.4 is 5.32 Å². The fraction of sp³-hybridized carbons (Fsp3) is 0.667. The summed E-state index contributed by atoms with van der Waals surface area (Å²) in [6.45, 7) is 1.74. The van der Waals surface area contributed by atoms with E-state index >= 15 is 0 Å². The Labute approximate surface area is 53.9 Å². The Balaban J connectivity index is 2.24. The number of nitrogens with one attached hydrogen (secondary N) is 1. The SMILES string of the molecule is C1=NCCC2NCN=C12. The largest absolute Gasteiger partial charge is 0.291 e. The van der Waals surface area contributed by atoms with Crippen molar-refractivity contribution < 1.29 is 0 Å². The lowest BCUT2D eigenvalue weighted by Gasteiger charge is -2.12. The van der Waals surface area contributed by atoms with Gasteiger partial charge in [-0.1, -0.05) is 0 Å². The van der Waals surface area contributed by atoms with Crippen molar-refractivity contribution in [3.05, 3.63) is 0 Å². The lowest BCUT2D eigenvalue weighted by Crippen LogP contribution is -2.33. The predicted octanol–water partition coefficient (Wildman–Crippen LogP) is -0.169. The Morgan fingerprint density at radius 3 is 3.56 bits per heavy atom. The van der Waals surface area contributed by atoms with E-state index in [9.17, 15) is 0 Å². The van der Waals surface area contributed by atoms with Crippen molar-refractivity contribution in [1.29, 1.82) is 0 Å². The molecule has 0 aromatic carbocycles. The molecule has 3 nitrogen and oxygen atoms in total. The second-order valence-corrected chi connectivity index (χ2v) is 2.32. The number of hydrogen-bond acceptors (Lipinski definition) is 3. The maximum atomic E-state index is 4.21. The molecule has 2 aliphatic heterocycles. The zero-order valence-corrected chi connectivity index (χ0v) is 5.17. The number of rotatable bonds is 0. The van der Waals surface area contributed by atoms with Gasteiger partial charge >= 0.3 is 0 Å². The van der Waals surface area contributed by atoms with Crippen LogP contribution in [0.15, 0.2) is 9.98 Å². The summed E-state index contributed by atoms with van der Waals surface area (Å²) in [5.41, 5.74) is 1.14. The van der Waals surface area contributed by atoms with E-state index < -0.39 is 0 Å². The molecule has 0 aliphatic carbocycles. The molecule has 2 aliphatic rings. The summed E-state index contributed by atoms with van der Waals surface area (Å²) >= 11 is 0. The minimum absolute atomic E-state index is 0.516. The highest BCUT2D eigenvalue weighted by Gasteiger charge is 2.20. The van der Waals surface area contributed by atoms with Gasteiger partial charge in [-0.2, -0.15) is 0 Å². The summed E-state index contributed by atoms with van der Waals surface area (Å²) in [5, 5.41) is 3.26. The van der Waals surface area contributed by atoms with Crippen LogP contribution in [0.1, 0.15) is 6.42 Å². The van der Waals surface area contributed by atoms with Crippen LogP contribution in [0, 0.1) is 0 Å². The molecule has 0 aromatic heterocycles. The number of hydrogen-bond donors (Lipinski definition) is 1. The number of aliphatic imine (C=N–C) groups is 2. The van der Waals surface area contributed by atoms with Crippen LogP contribution >= 0.6 is 0 Å². The van der Waals surface area contributed by atoms with Gasteiger partial charge in [-0.25, -0.2) is 0 Å². The van der Waals surface area contributed by atoms with E-state index in [-0.39, 0.29) is 0 Å². The first-order valence-corrected chi connectivity index (χ1v) is 3.24. The van der Waals surface area contributed by atoms with Crippen molar-refractivity contribution in [2.75, 3.05) is 13.2 Å². The quantitative estimate of drug-likeness (QED) is 0.477. The van der Waals surface area contributed by atoms with Gasteiger partial charge in [0.05, 0.1) is 18.4 Å². The van der Waals surface area contributed by atoms with Gasteiger partial charge in [0, 0.05) is 12.8 Å². The van der Waals surface area contributed by atoms with Gasteiger partial charge in [-0.15, -0.1) is 0 Å². The first-order valence-electron chi connectivity index (χ1n) is 3.24. The molecule has 1 unspecified atom stereocenters. The summed E-state index contributed by atoms with van der Waals surface area (Å²) in [6.07, 6.45) is 3.00. The lowest BCUT2D eigenvalue weighted by molar-refractivity contribution is 0.634. The summed E-state index contributed by atoms with van der Waals surface area (Å²) in [4.78, 5) is 8.34. The van der Waals surface area contributed by atoms with Gasteiger partial charge in [0.15, 0.2) is 0 Å². The van der Waals surface area contributed by atoms with E-state index in [1.165, 1.54) is 0 Å². The van der Waals surface area contributed by atoms with Crippen molar-refractivity contribution in [2.45, 2.75) is 12.5 Å². The molecule has 0 saturated carbocycles. The van der Waals surface area contributed by atoms with Crippen LogP contribution in [0.5, 0.6) is 0 Å². The second-order valence-electron chi connectivity index (χ2n) is 2.32. The zero-order valence-electron chi connectivity index (χ0n) is 5.17. The third-order valence-corrected chi connectivity index (χ3v) is 1.73. The highest BCUT2D eigenvalue weighted by Crippen LogP contribution is 2.04. The minimum atomic E-state index is 0.516. The van der Waals surface area contributed by atoms with Crippen molar-refractivity contribution in [3.63, 3.8) is 0 Å². The van der Waals surface area contributed by atoms with Crippen molar-refractivity contribution in [1.82, 2.24) is 5.32 Å². The van der Waals surface area contributed by atoms with E-state index in [1.807, 2.05) is 6.21 Å². The fourth-order valence-electron chi connectivity index (χ4n) is 1.20. The van der Waals surface area contributed by atoms with Crippen LogP contribution in [0.25, 0.3) is 0 Å². The van der Waals surface area contributed by atoms with Gasteiger partial charge in [-0.05, 0) is 6.42 Å². The first kappa shape index (κ1) is 5.11. The molecule has 2 rings (SSSR count). The van der Waals surface area contributed by atoms with E-state index in [2.05, 4.69) is 15.3 Å². The third-order valence-electron chi connectivity index (χ3n) is 1.73. The van der Waals surface area contributed by atoms with Crippen molar-refractivity contribution >= 4 is 11.9 Å².